The van der Waals surface area contributed by atoms with Crippen LogP contribution in [0.1, 0.15) is 28.5 Å². The summed E-state index contributed by atoms with van der Waals surface area (Å²) in [6.45, 7) is 7.22. The number of carbonyl (C=O) groups excluding carboxylic acids is 1. The molecule has 0 saturated heterocycles. The summed E-state index contributed by atoms with van der Waals surface area (Å²) in [5, 5.41) is 15.3. The van der Waals surface area contributed by atoms with E-state index in [-0.39, 0.29) is 6.10 Å². The highest BCUT2D eigenvalue weighted by molar-refractivity contribution is 5.99. The molecule has 1 atom stereocenters. The van der Waals surface area contributed by atoms with Crippen molar-refractivity contribution in [3.8, 4) is 0 Å². The lowest BCUT2D eigenvalue weighted by atomic mass is 10.1. The number of nitrogens with two attached hydrogens (primary N) is 1. The van der Waals surface area contributed by atoms with E-state index in [2.05, 4.69) is 15.6 Å². The van der Waals surface area contributed by atoms with E-state index in [1.54, 1.807) is 6.92 Å². The van der Waals surface area contributed by atoms with Crippen molar-refractivity contribution in [3.05, 3.63) is 22.9 Å². The Labute approximate surface area is 113 Å². The van der Waals surface area contributed by atoms with E-state index in [9.17, 15) is 4.79 Å². The number of nitrogens with one attached hydrogen (secondary N) is 2. The zero-order valence-electron chi connectivity index (χ0n) is 11.7. The van der Waals surface area contributed by atoms with E-state index in [4.69, 9.17) is 10.8 Å². The molecule has 1 rings (SSSR count). The van der Waals surface area contributed by atoms with Crippen molar-refractivity contribution < 1.29 is 9.90 Å². The van der Waals surface area contributed by atoms with Crippen LogP contribution in [-0.2, 0) is 0 Å². The monoisotopic (exact) mass is 266 g/mol. The Morgan fingerprint density at radius 1 is 1.47 bits per heavy atom. The van der Waals surface area contributed by atoms with Crippen LogP contribution in [0.4, 0.5) is 5.82 Å². The van der Waals surface area contributed by atoms with Gasteiger partial charge in [0, 0.05) is 25.3 Å². The molecule has 0 bridgehead atoms. The first kappa shape index (κ1) is 15.4. The van der Waals surface area contributed by atoms with Crippen LogP contribution in [0.25, 0.3) is 0 Å². The number of hydrogen-bond donors (Lipinski definition) is 4. The minimum Gasteiger partial charge on any atom is -0.392 e. The first-order valence-electron chi connectivity index (χ1n) is 6.32. The molecule has 1 heterocycles. The van der Waals surface area contributed by atoms with Gasteiger partial charge in [-0.1, -0.05) is 0 Å². The number of aryl methyl sites for hydroxylation is 2. The van der Waals surface area contributed by atoms with Crippen molar-refractivity contribution in [1.82, 2.24) is 10.3 Å². The summed E-state index contributed by atoms with van der Waals surface area (Å²) < 4.78 is 0. The minimum absolute atomic E-state index is 0.375. The molecule has 1 unspecified atom stereocenters. The minimum atomic E-state index is -0.482. The van der Waals surface area contributed by atoms with Gasteiger partial charge in [0.2, 0.25) is 0 Å². The van der Waals surface area contributed by atoms with E-state index in [1.165, 1.54) is 0 Å². The fourth-order valence-electron chi connectivity index (χ4n) is 1.86. The Balaban J connectivity index is 2.64. The second-order valence-electron chi connectivity index (χ2n) is 4.65. The molecule has 1 aromatic heterocycles. The SMILES string of the molecule is Cc1cc(C)c(C(N)=O)c(NCCNCC(C)O)n1. The lowest BCUT2D eigenvalue weighted by molar-refractivity contribution is 0.1000. The summed E-state index contributed by atoms with van der Waals surface area (Å²) in [5.74, 6) is 0.0355. The fourth-order valence-corrected chi connectivity index (χ4v) is 1.86. The first-order valence-corrected chi connectivity index (χ1v) is 6.32. The predicted molar refractivity (Wildman–Crippen MR) is 75.3 cm³/mol. The molecule has 0 aromatic carbocycles. The molecule has 1 aromatic rings. The van der Waals surface area contributed by atoms with Crippen LogP contribution in [0.3, 0.4) is 0 Å². The van der Waals surface area contributed by atoms with E-state index in [0.29, 0.717) is 31.0 Å². The summed E-state index contributed by atoms with van der Waals surface area (Å²) in [6.07, 6.45) is -0.375. The van der Waals surface area contributed by atoms with Crippen molar-refractivity contribution in [2.45, 2.75) is 26.9 Å². The molecular formula is C13H22N4O2. The Kier molecular flexibility index (Phi) is 5.72. The highest BCUT2D eigenvalue weighted by atomic mass is 16.3. The van der Waals surface area contributed by atoms with E-state index in [0.717, 1.165) is 11.3 Å². The third-order valence-electron chi connectivity index (χ3n) is 2.63. The molecule has 0 aliphatic rings. The van der Waals surface area contributed by atoms with Crippen LogP contribution in [0.2, 0.25) is 0 Å². The zero-order chi connectivity index (χ0) is 14.4. The van der Waals surface area contributed by atoms with Gasteiger partial charge in [0.1, 0.15) is 5.82 Å². The number of hydrogen-bond acceptors (Lipinski definition) is 5. The molecule has 19 heavy (non-hydrogen) atoms. The average molecular weight is 266 g/mol. The number of rotatable bonds is 7. The van der Waals surface area contributed by atoms with Gasteiger partial charge in [-0.2, -0.15) is 0 Å². The average Bonchev–Trinajstić information content (AvgIpc) is 2.26. The van der Waals surface area contributed by atoms with Crippen LogP contribution in [0.15, 0.2) is 6.07 Å². The number of amides is 1. The van der Waals surface area contributed by atoms with Crippen LogP contribution in [-0.4, -0.2) is 41.7 Å². The quantitative estimate of drug-likeness (QED) is 0.528. The summed E-state index contributed by atoms with van der Waals surface area (Å²) >= 11 is 0. The zero-order valence-corrected chi connectivity index (χ0v) is 11.7. The van der Waals surface area contributed by atoms with Crippen LogP contribution in [0.5, 0.6) is 0 Å². The number of pyridine rings is 1. The van der Waals surface area contributed by atoms with E-state index < -0.39 is 5.91 Å². The molecule has 0 saturated carbocycles. The van der Waals surface area contributed by atoms with Gasteiger partial charge < -0.3 is 21.5 Å². The van der Waals surface area contributed by atoms with Crippen molar-refractivity contribution >= 4 is 11.7 Å². The molecule has 0 aliphatic heterocycles. The lowest BCUT2D eigenvalue weighted by Crippen LogP contribution is -2.29. The van der Waals surface area contributed by atoms with Crippen LogP contribution < -0.4 is 16.4 Å². The van der Waals surface area contributed by atoms with Gasteiger partial charge in [-0.05, 0) is 32.4 Å². The first-order chi connectivity index (χ1) is 8.91. The molecule has 5 N–H and O–H groups in total. The second-order valence-corrected chi connectivity index (χ2v) is 4.65. The molecule has 0 aliphatic carbocycles. The van der Waals surface area contributed by atoms with E-state index in [1.807, 2.05) is 19.9 Å². The predicted octanol–water partition coefficient (Wildman–Crippen LogP) is 0.180. The van der Waals surface area contributed by atoms with Gasteiger partial charge >= 0.3 is 0 Å². The molecule has 0 radical (unpaired) electrons. The highest BCUT2D eigenvalue weighted by Crippen LogP contribution is 2.17. The summed E-state index contributed by atoms with van der Waals surface area (Å²) in [5.41, 5.74) is 7.45. The third kappa shape index (κ3) is 4.84. The number of aromatic nitrogens is 1. The maximum Gasteiger partial charge on any atom is 0.252 e. The molecule has 6 heteroatoms. The normalized spacial score (nSPS) is 12.2. The Hall–Kier alpha value is -1.66. The fraction of sp³-hybridized carbons (Fsp3) is 0.538. The number of anilines is 1. The second kappa shape index (κ2) is 7.06. The van der Waals surface area contributed by atoms with Gasteiger partial charge in [0.15, 0.2) is 0 Å². The van der Waals surface area contributed by atoms with E-state index >= 15 is 0 Å². The summed E-state index contributed by atoms with van der Waals surface area (Å²) in [6, 6.07) is 1.83. The van der Waals surface area contributed by atoms with Crippen LogP contribution in [0, 0.1) is 13.8 Å². The summed E-state index contributed by atoms with van der Waals surface area (Å²) in [4.78, 5) is 15.7. The molecule has 1 amide bonds. The number of primary amides is 1. The lowest BCUT2D eigenvalue weighted by Gasteiger charge is -2.13. The number of carbonyl (C=O) groups is 1. The van der Waals surface area contributed by atoms with Gasteiger partial charge in [-0.3, -0.25) is 4.79 Å². The molecule has 106 valence electrons. The standard InChI is InChI=1S/C13H22N4O2/c1-8-6-9(2)17-13(11(8)12(14)19)16-5-4-15-7-10(3)18/h6,10,15,18H,4-5,7H2,1-3H3,(H2,14,19)(H,16,17). The van der Waals surface area contributed by atoms with Gasteiger partial charge in [0.25, 0.3) is 5.91 Å². The molecule has 0 fully saturated rings. The maximum atomic E-state index is 11.4. The topological polar surface area (TPSA) is 100 Å². The maximum absolute atomic E-state index is 11.4. The van der Waals surface area contributed by atoms with Crippen molar-refractivity contribution in [2.75, 3.05) is 25.0 Å². The number of aliphatic hydroxyl groups excluding tert-OH is 1. The molecule has 0 spiro atoms. The van der Waals surface area contributed by atoms with Gasteiger partial charge in [-0.15, -0.1) is 0 Å². The number of nitrogens with zero attached hydrogens (tertiary/aromatic N) is 1. The Bertz CT molecular complexity index is 447. The Morgan fingerprint density at radius 2 is 2.16 bits per heavy atom. The molecular weight excluding hydrogens is 244 g/mol. The largest absolute Gasteiger partial charge is 0.392 e. The third-order valence-corrected chi connectivity index (χ3v) is 2.63. The van der Waals surface area contributed by atoms with Crippen molar-refractivity contribution in [1.29, 1.82) is 0 Å². The van der Waals surface area contributed by atoms with Gasteiger partial charge in [-0.25, -0.2) is 4.98 Å². The van der Waals surface area contributed by atoms with Crippen LogP contribution >= 0.6 is 0 Å². The van der Waals surface area contributed by atoms with Crippen molar-refractivity contribution in [3.63, 3.8) is 0 Å². The molecule has 6 nitrogen and oxygen atoms in total. The highest BCUT2D eigenvalue weighted by Gasteiger charge is 2.13. The number of aliphatic hydroxyl groups is 1. The van der Waals surface area contributed by atoms with Crippen molar-refractivity contribution in [2.24, 2.45) is 5.73 Å². The Morgan fingerprint density at radius 3 is 2.74 bits per heavy atom. The smallest absolute Gasteiger partial charge is 0.252 e. The summed E-state index contributed by atoms with van der Waals surface area (Å²) in [7, 11) is 0. The van der Waals surface area contributed by atoms with Gasteiger partial charge in [0.05, 0.1) is 11.7 Å².